The van der Waals surface area contributed by atoms with Gasteiger partial charge in [-0.25, -0.2) is 0 Å². The van der Waals surface area contributed by atoms with E-state index in [1.807, 2.05) is 0 Å². The van der Waals surface area contributed by atoms with Crippen LogP contribution >= 0.6 is 0 Å². The van der Waals surface area contributed by atoms with E-state index in [0.29, 0.717) is 0 Å². The van der Waals surface area contributed by atoms with Gasteiger partial charge in [-0.05, 0) is 6.92 Å². The molecule has 18 heteroatoms. The van der Waals surface area contributed by atoms with Crippen molar-refractivity contribution in [1.29, 1.82) is 5.41 Å². The Morgan fingerprint density at radius 2 is 0.457 bits per heavy atom. The Balaban J connectivity index is -0.0000000537. The van der Waals surface area contributed by atoms with E-state index in [1.54, 1.807) is 0 Å². The second-order valence-corrected chi connectivity index (χ2v) is 4.90. The second-order valence-electron chi connectivity index (χ2n) is 4.90. The molecule has 0 aliphatic rings. The fourth-order valence-electron chi connectivity index (χ4n) is 0. The molecule has 0 amide bonds. The van der Waals surface area contributed by atoms with Gasteiger partial charge in [0.05, 0.1) is 5.84 Å². The number of ketones is 5. The van der Waals surface area contributed by atoms with Gasteiger partial charge >= 0.3 is 0 Å². The molecule has 0 spiro atoms. The number of amidine groups is 1. The first-order chi connectivity index (χ1) is 14.9. The van der Waals surface area contributed by atoms with Crippen molar-refractivity contribution in [2.75, 3.05) is 0 Å². The van der Waals surface area contributed by atoms with E-state index in [-0.39, 0.29) is 24.4 Å². The molecule has 0 bridgehead atoms. The summed E-state index contributed by atoms with van der Waals surface area (Å²) in [6, 6.07) is 0. The summed E-state index contributed by atoms with van der Waals surface area (Å²) in [7, 11) is 0. The number of hydrogen-bond donors (Lipinski definition) is 2. The minimum Gasteiger partial charge on any atom is -0.542 e. The first kappa shape index (κ1) is 48.3. The van der Waals surface area contributed by atoms with Crippen molar-refractivity contribution in [3.63, 3.8) is 0 Å². The maximum atomic E-state index is 9.48. The molecule has 0 unspecified atom stereocenters. The van der Waals surface area contributed by atoms with Crippen LogP contribution in [0.2, 0.25) is 0 Å². The van der Waals surface area contributed by atoms with Crippen molar-refractivity contribution in [1.82, 2.24) is 0 Å². The minimum atomic E-state index is -1.63. The normalized spacial score (nSPS) is 7.14. The summed E-state index contributed by atoms with van der Waals surface area (Å²) in [5.74, 6) is -12.7. The maximum Gasteiger partial charge on any atom is 0.175 e. The molecule has 0 saturated carbocycles. The number of carbonyl (C=O) groups excluding carboxylic acids is 10. The van der Waals surface area contributed by atoms with E-state index < -0.39 is 58.8 Å². The van der Waals surface area contributed by atoms with Crippen molar-refractivity contribution in [2.24, 2.45) is 5.73 Å². The molecule has 35 heavy (non-hydrogen) atoms. The first-order valence-corrected chi connectivity index (χ1v) is 7.85. The molecule has 0 fully saturated rings. The van der Waals surface area contributed by atoms with Gasteiger partial charge in [0.15, 0.2) is 28.9 Å². The van der Waals surface area contributed by atoms with Crippen molar-refractivity contribution >= 4 is 64.6 Å². The van der Waals surface area contributed by atoms with Gasteiger partial charge in [-0.2, -0.15) is 0 Å². The Hall–Kier alpha value is -4.25. The quantitative estimate of drug-likeness (QED) is 0.184. The van der Waals surface area contributed by atoms with Crippen molar-refractivity contribution in [3.05, 3.63) is 0 Å². The van der Waals surface area contributed by atoms with Crippen LogP contribution in [0.15, 0.2) is 0 Å². The van der Waals surface area contributed by atoms with Gasteiger partial charge in [0, 0.05) is 53.2 Å². The molecule has 3 N–H and O–H groups in total. The van der Waals surface area contributed by atoms with Crippen LogP contribution in [0.5, 0.6) is 0 Å². The number of carboxylic acids is 5. The van der Waals surface area contributed by atoms with Crippen LogP contribution in [-0.2, 0) is 66.5 Å². The third-order valence-corrected chi connectivity index (χ3v) is 1.44. The van der Waals surface area contributed by atoms with Crippen molar-refractivity contribution in [3.8, 4) is 0 Å². The third-order valence-electron chi connectivity index (χ3n) is 1.44. The Morgan fingerprint density at radius 1 is 0.429 bits per heavy atom. The summed E-state index contributed by atoms with van der Waals surface area (Å²) in [5, 5.41) is 52.5. The van der Waals surface area contributed by atoms with Gasteiger partial charge in [0.1, 0.15) is 29.8 Å². The summed E-state index contributed by atoms with van der Waals surface area (Å²) in [6.45, 7) is 6.23. The number of hydrogen-bond acceptors (Lipinski definition) is 16. The Morgan fingerprint density at radius 3 is 0.457 bits per heavy atom. The Kier molecular flexibility index (Phi) is 41.0. The van der Waals surface area contributed by atoms with Crippen LogP contribution < -0.4 is 31.3 Å². The molecule has 0 aliphatic carbocycles. The van der Waals surface area contributed by atoms with Crippen LogP contribution in [0, 0.1) is 5.41 Å². The number of nitrogens with two attached hydrogens (primary N) is 1. The number of rotatable bonds is 5. The van der Waals surface area contributed by atoms with Crippen LogP contribution in [0.4, 0.5) is 0 Å². The second kappa shape index (κ2) is 29.8. The van der Waals surface area contributed by atoms with E-state index in [2.05, 4.69) is 0 Å². The number of carbonyl (C=O) groups is 10. The van der Waals surface area contributed by atoms with Crippen LogP contribution in [0.1, 0.15) is 41.5 Å². The van der Waals surface area contributed by atoms with Gasteiger partial charge in [0.2, 0.25) is 0 Å². The van der Waals surface area contributed by atoms with Crippen molar-refractivity contribution in [2.45, 2.75) is 41.5 Å². The van der Waals surface area contributed by atoms with E-state index >= 15 is 0 Å². The summed E-state index contributed by atoms with van der Waals surface area (Å²) in [4.78, 5) is 93.6. The molecular formula is C17H21N2O15V-5. The number of carboxylic acid groups (broad SMARTS) is 5. The summed E-state index contributed by atoms with van der Waals surface area (Å²) in [5.41, 5.74) is 4.69. The zero-order valence-corrected chi connectivity index (χ0v) is 20.5. The molecule has 0 atom stereocenters. The maximum absolute atomic E-state index is 9.48. The number of nitrogens with one attached hydrogen (secondary N) is 1. The fourth-order valence-corrected chi connectivity index (χ4v) is 0. The van der Waals surface area contributed by atoms with Gasteiger partial charge in [-0.15, -0.1) is 0 Å². The summed E-state index contributed by atoms with van der Waals surface area (Å²) < 4.78 is 0. The average Bonchev–Trinajstić information content (AvgIpc) is 2.62. The van der Waals surface area contributed by atoms with Crippen molar-refractivity contribution < 1.29 is 92.0 Å². The SMILES string of the molecule is CC(=N)N.CC(=O)C(=O)[O-].CC(=O)C(=O)[O-].CC(=O)C(=O)[O-].CC(=O)C(=O)[O-].CC(=O)C(=O)[O-].[V]. The monoisotopic (exact) mass is 544 g/mol. The first-order valence-electron chi connectivity index (χ1n) is 7.85. The molecule has 17 nitrogen and oxygen atoms in total. The Labute approximate surface area is 209 Å². The predicted molar refractivity (Wildman–Crippen MR) is 96.0 cm³/mol. The zero-order chi connectivity index (χ0) is 29.4. The standard InChI is InChI=1S/5C3H4O3.C2H6N2.V/c5*1-2(4)3(5)6;1-2(3)4;/h5*1H3,(H,5,6);1H3,(H3,3,4);/p-5. The summed E-state index contributed by atoms with van der Waals surface area (Å²) in [6.07, 6.45) is 0. The molecule has 0 rings (SSSR count). The topological polar surface area (TPSA) is 336 Å². The van der Waals surface area contributed by atoms with Crippen LogP contribution in [0.3, 0.4) is 0 Å². The van der Waals surface area contributed by atoms with E-state index in [0.717, 1.165) is 34.6 Å². The average molecular weight is 544 g/mol. The smallest absolute Gasteiger partial charge is 0.175 e. The molecule has 199 valence electrons. The Bertz CT molecular complexity index is 600. The molecule has 1 radical (unpaired) electrons. The minimum absolute atomic E-state index is 0. The number of Topliss-reactive ketones (excluding diaryl/α,β-unsaturated/α-hetero) is 5. The largest absolute Gasteiger partial charge is 0.542 e. The molecule has 0 aromatic carbocycles. The molecule has 0 aromatic heterocycles. The summed E-state index contributed by atoms with van der Waals surface area (Å²) >= 11 is 0. The molecular weight excluding hydrogens is 523 g/mol. The van der Waals surface area contributed by atoms with E-state index in [9.17, 15) is 73.5 Å². The zero-order valence-electron chi connectivity index (χ0n) is 19.1. The van der Waals surface area contributed by atoms with E-state index in [1.165, 1.54) is 6.92 Å². The van der Waals surface area contributed by atoms with Gasteiger partial charge in [-0.1, -0.05) is 0 Å². The van der Waals surface area contributed by atoms with Crippen LogP contribution in [-0.4, -0.2) is 64.6 Å². The third kappa shape index (κ3) is 92.3. The van der Waals surface area contributed by atoms with Gasteiger partial charge < -0.3 is 55.2 Å². The van der Waals surface area contributed by atoms with Gasteiger partial charge in [0.25, 0.3) is 0 Å². The van der Waals surface area contributed by atoms with Gasteiger partial charge in [-0.3, -0.25) is 29.4 Å². The molecule has 0 aromatic rings. The molecule has 0 heterocycles. The van der Waals surface area contributed by atoms with E-state index in [4.69, 9.17) is 11.1 Å². The fraction of sp³-hybridized carbons (Fsp3) is 0.353. The molecule has 0 aliphatic heterocycles. The number of aliphatic carboxylic acids is 5. The predicted octanol–water partition coefficient (Wildman–Crippen LogP) is -8.43. The molecule has 0 saturated heterocycles. The van der Waals surface area contributed by atoms with Crippen LogP contribution in [0.25, 0.3) is 0 Å².